The van der Waals surface area contributed by atoms with Crippen molar-refractivity contribution in [2.24, 2.45) is 5.73 Å². The SMILES string of the molecule is COc1cc([N+](=O)[O-])ccc1C[C@H](C)N. The van der Waals surface area contributed by atoms with Gasteiger partial charge in [-0.05, 0) is 25.0 Å². The number of non-ortho nitro benzene ring substituents is 1. The van der Waals surface area contributed by atoms with E-state index in [-0.39, 0.29) is 11.7 Å². The molecular formula is C10H14N2O3. The monoisotopic (exact) mass is 210 g/mol. The summed E-state index contributed by atoms with van der Waals surface area (Å²) in [5, 5.41) is 10.5. The van der Waals surface area contributed by atoms with Crippen LogP contribution in [0.25, 0.3) is 0 Å². The van der Waals surface area contributed by atoms with Crippen LogP contribution in [0, 0.1) is 10.1 Å². The van der Waals surface area contributed by atoms with Crippen molar-refractivity contribution in [1.29, 1.82) is 0 Å². The van der Waals surface area contributed by atoms with E-state index in [2.05, 4.69) is 0 Å². The second kappa shape index (κ2) is 4.75. The first kappa shape index (κ1) is 11.5. The normalized spacial score (nSPS) is 12.2. The number of nitrogens with zero attached hydrogens (tertiary/aromatic N) is 1. The van der Waals surface area contributed by atoms with Crippen molar-refractivity contribution < 1.29 is 9.66 Å². The molecule has 0 aliphatic rings. The van der Waals surface area contributed by atoms with Crippen molar-refractivity contribution in [2.45, 2.75) is 19.4 Å². The number of nitrogens with two attached hydrogens (primary N) is 1. The van der Waals surface area contributed by atoms with E-state index in [9.17, 15) is 10.1 Å². The summed E-state index contributed by atoms with van der Waals surface area (Å²) in [4.78, 5) is 10.1. The number of nitro groups is 1. The molecule has 0 fully saturated rings. The summed E-state index contributed by atoms with van der Waals surface area (Å²) in [5.41, 5.74) is 6.57. The molecule has 2 N–H and O–H groups in total. The van der Waals surface area contributed by atoms with E-state index in [4.69, 9.17) is 10.5 Å². The van der Waals surface area contributed by atoms with Gasteiger partial charge in [-0.1, -0.05) is 0 Å². The number of nitro benzene ring substituents is 1. The summed E-state index contributed by atoms with van der Waals surface area (Å²) in [6, 6.07) is 4.55. The standard InChI is InChI=1S/C10H14N2O3/c1-7(11)5-8-3-4-9(12(13)14)6-10(8)15-2/h3-4,6-7H,5,11H2,1-2H3/t7-/m0/s1. The second-order valence-electron chi connectivity index (χ2n) is 3.43. The third-order valence-electron chi connectivity index (χ3n) is 2.02. The molecule has 82 valence electrons. The van der Waals surface area contributed by atoms with Crippen molar-refractivity contribution >= 4 is 5.69 Å². The van der Waals surface area contributed by atoms with E-state index >= 15 is 0 Å². The van der Waals surface area contributed by atoms with Crippen LogP contribution in [-0.4, -0.2) is 18.1 Å². The zero-order valence-electron chi connectivity index (χ0n) is 8.77. The molecule has 0 aliphatic heterocycles. The van der Waals surface area contributed by atoms with E-state index in [1.54, 1.807) is 6.07 Å². The molecule has 5 nitrogen and oxygen atoms in total. The van der Waals surface area contributed by atoms with Crippen LogP contribution in [0.4, 0.5) is 5.69 Å². The van der Waals surface area contributed by atoms with Crippen molar-refractivity contribution in [2.75, 3.05) is 7.11 Å². The summed E-state index contributed by atoms with van der Waals surface area (Å²) in [5.74, 6) is 0.515. The molecule has 15 heavy (non-hydrogen) atoms. The Morgan fingerprint density at radius 2 is 2.27 bits per heavy atom. The Balaban J connectivity index is 3.03. The minimum atomic E-state index is -0.446. The van der Waals surface area contributed by atoms with Crippen LogP contribution < -0.4 is 10.5 Å². The number of ether oxygens (including phenoxy) is 1. The first-order chi connectivity index (χ1) is 7.04. The highest BCUT2D eigenvalue weighted by Gasteiger charge is 2.11. The van der Waals surface area contributed by atoms with E-state index in [1.165, 1.54) is 19.2 Å². The number of rotatable bonds is 4. The van der Waals surface area contributed by atoms with Gasteiger partial charge in [0.2, 0.25) is 0 Å². The minimum absolute atomic E-state index is 0.000330. The van der Waals surface area contributed by atoms with Gasteiger partial charge in [0.25, 0.3) is 5.69 Å². The van der Waals surface area contributed by atoms with Gasteiger partial charge in [0, 0.05) is 12.1 Å². The maximum Gasteiger partial charge on any atom is 0.273 e. The summed E-state index contributed by atoms with van der Waals surface area (Å²) < 4.78 is 5.08. The molecular weight excluding hydrogens is 196 g/mol. The predicted octanol–water partition coefficient (Wildman–Crippen LogP) is 1.49. The molecule has 1 rings (SSSR count). The lowest BCUT2D eigenvalue weighted by atomic mass is 10.1. The highest BCUT2D eigenvalue weighted by molar-refractivity contribution is 5.44. The van der Waals surface area contributed by atoms with Crippen molar-refractivity contribution in [3.05, 3.63) is 33.9 Å². The molecule has 1 aromatic carbocycles. The zero-order valence-corrected chi connectivity index (χ0v) is 8.77. The molecule has 0 amide bonds. The van der Waals surface area contributed by atoms with E-state index in [0.717, 1.165) is 5.56 Å². The molecule has 0 heterocycles. The Hall–Kier alpha value is -1.62. The maximum absolute atomic E-state index is 10.5. The Bertz CT molecular complexity index is 364. The summed E-state index contributed by atoms with van der Waals surface area (Å²) in [6.45, 7) is 1.88. The predicted molar refractivity (Wildman–Crippen MR) is 57.0 cm³/mol. The van der Waals surface area contributed by atoms with Crippen LogP contribution >= 0.6 is 0 Å². The molecule has 0 saturated heterocycles. The molecule has 0 radical (unpaired) electrons. The smallest absolute Gasteiger partial charge is 0.273 e. The molecule has 0 aromatic heterocycles. The van der Waals surface area contributed by atoms with Crippen LogP contribution in [0.3, 0.4) is 0 Å². The van der Waals surface area contributed by atoms with Gasteiger partial charge < -0.3 is 10.5 Å². The Kier molecular flexibility index (Phi) is 3.62. The van der Waals surface area contributed by atoms with Crippen LogP contribution in [-0.2, 0) is 6.42 Å². The number of hydrogen-bond donors (Lipinski definition) is 1. The number of hydrogen-bond acceptors (Lipinski definition) is 4. The third-order valence-corrected chi connectivity index (χ3v) is 2.02. The average molecular weight is 210 g/mol. The Labute approximate surface area is 88.0 Å². The van der Waals surface area contributed by atoms with Crippen molar-refractivity contribution in [3.63, 3.8) is 0 Å². The molecule has 0 saturated carbocycles. The average Bonchev–Trinajstić information content (AvgIpc) is 2.17. The van der Waals surface area contributed by atoms with Crippen molar-refractivity contribution in [1.82, 2.24) is 0 Å². The summed E-state index contributed by atoms with van der Waals surface area (Å²) >= 11 is 0. The number of methoxy groups -OCH3 is 1. The first-order valence-corrected chi connectivity index (χ1v) is 4.61. The fourth-order valence-corrected chi connectivity index (χ4v) is 1.36. The quantitative estimate of drug-likeness (QED) is 0.603. The maximum atomic E-state index is 10.5. The van der Waals surface area contributed by atoms with E-state index in [1.807, 2.05) is 6.92 Å². The van der Waals surface area contributed by atoms with Crippen LogP contribution in [0.5, 0.6) is 5.75 Å². The van der Waals surface area contributed by atoms with Gasteiger partial charge in [0.1, 0.15) is 5.75 Å². The Morgan fingerprint density at radius 3 is 2.73 bits per heavy atom. The fourth-order valence-electron chi connectivity index (χ4n) is 1.36. The topological polar surface area (TPSA) is 78.4 Å². The highest BCUT2D eigenvalue weighted by atomic mass is 16.6. The van der Waals surface area contributed by atoms with Crippen LogP contribution in [0.1, 0.15) is 12.5 Å². The molecule has 0 spiro atoms. The number of benzene rings is 1. The largest absolute Gasteiger partial charge is 0.496 e. The highest BCUT2D eigenvalue weighted by Crippen LogP contribution is 2.25. The molecule has 0 unspecified atom stereocenters. The molecule has 0 bridgehead atoms. The van der Waals surface area contributed by atoms with Gasteiger partial charge in [-0.15, -0.1) is 0 Å². The van der Waals surface area contributed by atoms with Gasteiger partial charge in [-0.25, -0.2) is 0 Å². The molecule has 1 atom stereocenters. The third kappa shape index (κ3) is 2.92. The van der Waals surface area contributed by atoms with Crippen molar-refractivity contribution in [3.8, 4) is 5.75 Å². The summed E-state index contributed by atoms with van der Waals surface area (Å²) in [7, 11) is 1.49. The lowest BCUT2D eigenvalue weighted by molar-refractivity contribution is -0.384. The summed E-state index contributed by atoms with van der Waals surface area (Å²) in [6.07, 6.45) is 0.640. The van der Waals surface area contributed by atoms with Gasteiger partial charge in [-0.2, -0.15) is 0 Å². The molecule has 0 aliphatic carbocycles. The lowest BCUT2D eigenvalue weighted by Gasteiger charge is -2.09. The lowest BCUT2D eigenvalue weighted by Crippen LogP contribution is -2.18. The van der Waals surface area contributed by atoms with Gasteiger partial charge >= 0.3 is 0 Å². The van der Waals surface area contributed by atoms with Gasteiger partial charge in [0.15, 0.2) is 0 Å². The first-order valence-electron chi connectivity index (χ1n) is 4.61. The van der Waals surface area contributed by atoms with Gasteiger partial charge in [-0.3, -0.25) is 10.1 Å². The Morgan fingerprint density at radius 1 is 1.60 bits per heavy atom. The zero-order chi connectivity index (χ0) is 11.4. The van der Waals surface area contributed by atoms with Gasteiger partial charge in [0.05, 0.1) is 18.1 Å². The van der Waals surface area contributed by atoms with E-state index in [0.29, 0.717) is 12.2 Å². The second-order valence-corrected chi connectivity index (χ2v) is 3.43. The van der Waals surface area contributed by atoms with E-state index < -0.39 is 4.92 Å². The molecule has 5 heteroatoms. The minimum Gasteiger partial charge on any atom is -0.496 e. The van der Waals surface area contributed by atoms with Crippen LogP contribution in [0.2, 0.25) is 0 Å². The molecule has 1 aromatic rings. The fraction of sp³-hybridized carbons (Fsp3) is 0.400. The van der Waals surface area contributed by atoms with Crippen LogP contribution in [0.15, 0.2) is 18.2 Å².